The van der Waals surface area contributed by atoms with Crippen molar-refractivity contribution in [3.8, 4) is 0 Å². The summed E-state index contributed by atoms with van der Waals surface area (Å²) in [7, 11) is 1.81. The van der Waals surface area contributed by atoms with Crippen LogP contribution in [0, 0.1) is 6.92 Å². The lowest BCUT2D eigenvalue weighted by molar-refractivity contribution is 0.778. The van der Waals surface area contributed by atoms with Gasteiger partial charge in [0.2, 0.25) is 5.95 Å². The molecule has 0 unspecified atom stereocenters. The van der Waals surface area contributed by atoms with Crippen LogP contribution in [0.1, 0.15) is 11.1 Å². The fraction of sp³-hybridized carbons (Fsp3) is 0.300. The molecule has 0 saturated carbocycles. The number of aryl methyl sites for hydroxylation is 2. The highest BCUT2D eigenvalue weighted by Crippen LogP contribution is 2.10. The van der Waals surface area contributed by atoms with Gasteiger partial charge in [0, 0.05) is 31.5 Å². The zero-order chi connectivity index (χ0) is 11.5. The minimum Gasteiger partial charge on any atom is -0.384 e. The number of aromatic nitrogens is 4. The van der Waals surface area contributed by atoms with Crippen LogP contribution in [-0.4, -0.2) is 19.7 Å². The van der Waals surface area contributed by atoms with E-state index in [1.807, 2.05) is 6.92 Å². The van der Waals surface area contributed by atoms with Crippen molar-refractivity contribution in [3.05, 3.63) is 29.7 Å². The van der Waals surface area contributed by atoms with E-state index in [2.05, 4.69) is 20.4 Å². The molecule has 2 aromatic heterocycles. The number of nitrogens with one attached hydrogen (secondary N) is 1. The van der Waals surface area contributed by atoms with Gasteiger partial charge in [0.1, 0.15) is 5.82 Å². The Morgan fingerprint density at radius 2 is 2.00 bits per heavy atom. The lowest BCUT2D eigenvalue weighted by atomic mass is 10.3. The molecular formula is C10H14N6. The van der Waals surface area contributed by atoms with E-state index in [1.165, 1.54) is 0 Å². The molecule has 0 atom stereocenters. The molecule has 16 heavy (non-hydrogen) atoms. The van der Waals surface area contributed by atoms with E-state index in [4.69, 9.17) is 5.73 Å². The van der Waals surface area contributed by atoms with Gasteiger partial charge in [-0.1, -0.05) is 0 Å². The van der Waals surface area contributed by atoms with E-state index in [0.29, 0.717) is 18.3 Å². The van der Waals surface area contributed by atoms with Crippen molar-refractivity contribution in [2.45, 2.75) is 13.5 Å². The van der Waals surface area contributed by atoms with Crippen LogP contribution in [0.4, 0.5) is 11.8 Å². The average Bonchev–Trinajstić information content (AvgIpc) is 2.60. The summed E-state index contributed by atoms with van der Waals surface area (Å²) < 4.78 is 1.63. The fourth-order valence-electron chi connectivity index (χ4n) is 1.29. The first kappa shape index (κ1) is 10.4. The standard InChI is InChI=1S/C10H14N6/c1-7-3-12-10(13-4-7)14-5-8-6-15-16(2)9(8)11/h3-4,6H,5,11H2,1-2H3,(H,12,13,14). The molecule has 0 aliphatic heterocycles. The van der Waals surface area contributed by atoms with E-state index < -0.39 is 0 Å². The Balaban J connectivity index is 2.02. The topological polar surface area (TPSA) is 81.7 Å². The number of hydrogen-bond acceptors (Lipinski definition) is 5. The highest BCUT2D eigenvalue weighted by Gasteiger charge is 2.04. The summed E-state index contributed by atoms with van der Waals surface area (Å²) in [4.78, 5) is 8.28. The van der Waals surface area contributed by atoms with E-state index in [0.717, 1.165) is 11.1 Å². The number of rotatable bonds is 3. The smallest absolute Gasteiger partial charge is 0.222 e. The van der Waals surface area contributed by atoms with E-state index >= 15 is 0 Å². The Bertz CT molecular complexity index is 473. The Hall–Kier alpha value is -2.11. The van der Waals surface area contributed by atoms with Gasteiger partial charge in [0.15, 0.2) is 0 Å². The highest BCUT2D eigenvalue weighted by atomic mass is 15.3. The first-order chi connectivity index (χ1) is 7.66. The molecule has 0 spiro atoms. The Morgan fingerprint density at radius 3 is 2.56 bits per heavy atom. The molecule has 0 aromatic carbocycles. The average molecular weight is 218 g/mol. The zero-order valence-electron chi connectivity index (χ0n) is 9.31. The monoisotopic (exact) mass is 218 g/mol. The van der Waals surface area contributed by atoms with Gasteiger partial charge in [-0.15, -0.1) is 0 Å². The van der Waals surface area contributed by atoms with Crippen molar-refractivity contribution in [1.29, 1.82) is 0 Å². The van der Waals surface area contributed by atoms with Crippen LogP contribution in [0.5, 0.6) is 0 Å². The zero-order valence-corrected chi connectivity index (χ0v) is 9.31. The van der Waals surface area contributed by atoms with Crippen LogP contribution in [-0.2, 0) is 13.6 Å². The van der Waals surface area contributed by atoms with E-state index in [9.17, 15) is 0 Å². The summed E-state index contributed by atoms with van der Waals surface area (Å²) in [5, 5.41) is 7.14. The van der Waals surface area contributed by atoms with Gasteiger partial charge in [-0.3, -0.25) is 4.68 Å². The predicted molar refractivity (Wildman–Crippen MR) is 61.7 cm³/mol. The summed E-state index contributed by atoms with van der Waals surface area (Å²) in [6.45, 7) is 2.52. The normalized spacial score (nSPS) is 10.4. The molecule has 0 bridgehead atoms. The molecule has 0 fully saturated rings. The summed E-state index contributed by atoms with van der Waals surface area (Å²) in [6, 6.07) is 0. The molecule has 84 valence electrons. The van der Waals surface area contributed by atoms with Gasteiger partial charge in [-0.05, 0) is 12.5 Å². The maximum Gasteiger partial charge on any atom is 0.222 e. The Morgan fingerprint density at radius 1 is 1.31 bits per heavy atom. The third kappa shape index (κ3) is 2.10. The van der Waals surface area contributed by atoms with Gasteiger partial charge >= 0.3 is 0 Å². The SMILES string of the molecule is Cc1cnc(NCc2cnn(C)c2N)nc1. The van der Waals surface area contributed by atoms with Crippen LogP contribution in [0.15, 0.2) is 18.6 Å². The second kappa shape index (κ2) is 4.18. The van der Waals surface area contributed by atoms with Crippen LogP contribution < -0.4 is 11.1 Å². The first-order valence-electron chi connectivity index (χ1n) is 4.95. The molecule has 3 N–H and O–H groups in total. The quantitative estimate of drug-likeness (QED) is 0.793. The summed E-state index contributed by atoms with van der Waals surface area (Å²) in [6.07, 6.45) is 5.26. The highest BCUT2D eigenvalue weighted by molar-refractivity contribution is 5.40. The molecule has 0 amide bonds. The molecule has 2 aromatic rings. The third-order valence-corrected chi connectivity index (χ3v) is 2.28. The third-order valence-electron chi connectivity index (χ3n) is 2.28. The predicted octanol–water partition coefficient (Wildman–Crippen LogP) is 0.713. The number of anilines is 2. The van der Waals surface area contributed by atoms with E-state index in [-0.39, 0.29) is 0 Å². The summed E-state index contributed by atoms with van der Waals surface area (Å²) in [5.41, 5.74) is 7.78. The van der Waals surface area contributed by atoms with Gasteiger partial charge in [0.05, 0.1) is 6.20 Å². The number of hydrogen-bond donors (Lipinski definition) is 2. The molecule has 2 rings (SSSR count). The van der Waals surface area contributed by atoms with Crippen LogP contribution in [0.3, 0.4) is 0 Å². The maximum absolute atomic E-state index is 5.81. The first-order valence-corrected chi connectivity index (χ1v) is 4.95. The molecule has 0 saturated heterocycles. The van der Waals surface area contributed by atoms with Crippen LogP contribution >= 0.6 is 0 Å². The lowest BCUT2D eigenvalue weighted by Crippen LogP contribution is -2.06. The minimum absolute atomic E-state index is 0.572. The van der Waals surface area contributed by atoms with Gasteiger partial charge in [-0.25, -0.2) is 9.97 Å². The summed E-state index contributed by atoms with van der Waals surface area (Å²) >= 11 is 0. The van der Waals surface area contributed by atoms with Crippen molar-refractivity contribution >= 4 is 11.8 Å². The number of nitrogen functional groups attached to an aromatic ring is 1. The molecular weight excluding hydrogens is 204 g/mol. The van der Waals surface area contributed by atoms with Gasteiger partial charge in [0.25, 0.3) is 0 Å². The van der Waals surface area contributed by atoms with Crippen LogP contribution in [0.25, 0.3) is 0 Å². The van der Waals surface area contributed by atoms with Crippen molar-refractivity contribution in [2.75, 3.05) is 11.1 Å². The van der Waals surface area contributed by atoms with Crippen molar-refractivity contribution < 1.29 is 0 Å². The molecule has 0 aliphatic rings. The summed E-state index contributed by atoms with van der Waals surface area (Å²) in [5.74, 6) is 1.24. The minimum atomic E-state index is 0.572. The second-order valence-corrected chi connectivity index (χ2v) is 3.62. The van der Waals surface area contributed by atoms with Gasteiger partial charge < -0.3 is 11.1 Å². The van der Waals surface area contributed by atoms with Crippen molar-refractivity contribution in [1.82, 2.24) is 19.7 Å². The molecule has 0 radical (unpaired) electrons. The second-order valence-electron chi connectivity index (χ2n) is 3.62. The van der Waals surface area contributed by atoms with Crippen molar-refractivity contribution in [2.24, 2.45) is 7.05 Å². The fourth-order valence-corrected chi connectivity index (χ4v) is 1.29. The molecule has 0 aliphatic carbocycles. The maximum atomic E-state index is 5.81. The Labute approximate surface area is 93.5 Å². The Kier molecular flexibility index (Phi) is 2.72. The van der Waals surface area contributed by atoms with Gasteiger partial charge in [-0.2, -0.15) is 5.10 Å². The number of nitrogens with zero attached hydrogens (tertiary/aromatic N) is 4. The molecule has 6 heteroatoms. The van der Waals surface area contributed by atoms with Crippen molar-refractivity contribution in [3.63, 3.8) is 0 Å². The van der Waals surface area contributed by atoms with E-state index in [1.54, 1.807) is 30.3 Å². The number of nitrogens with two attached hydrogens (primary N) is 1. The molecule has 2 heterocycles. The lowest BCUT2D eigenvalue weighted by Gasteiger charge is -2.03. The van der Waals surface area contributed by atoms with Crippen LogP contribution in [0.2, 0.25) is 0 Å². The largest absolute Gasteiger partial charge is 0.384 e. The molecule has 6 nitrogen and oxygen atoms in total.